The molecule has 1 aliphatic rings. The number of anilines is 1. The molecule has 1 aromatic carbocycles. The monoisotopic (exact) mass is 373 g/mol. The molecule has 2 atom stereocenters. The number of ether oxygens (including phenoxy) is 2. The molecule has 0 unspecified atom stereocenters. The quantitative estimate of drug-likeness (QED) is 0.382. The number of hydrazone groups is 1. The molecule has 1 aromatic rings. The van der Waals surface area contributed by atoms with E-state index in [0.717, 1.165) is 12.1 Å². The van der Waals surface area contributed by atoms with Crippen molar-refractivity contribution >= 4 is 17.5 Å². The van der Waals surface area contributed by atoms with Gasteiger partial charge in [0.25, 0.3) is 0 Å². The third kappa shape index (κ3) is 5.35. The molecule has 144 valence electrons. The molecule has 0 radical (unpaired) electrons. The normalized spacial score (nSPS) is 21.5. The van der Waals surface area contributed by atoms with E-state index in [1.54, 1.807) is 11.8 Å². The molecule has 0 amide bonds. The van der Waals surface area contributed by atoms with Crippen LogP contribution in [0.15, 0.2) is 29.4 Å². The highest BCUT2D eigenvalue weighted by atomic mass is 19.4. The minimum absolute atomic E-state index is 0.00580. The zero-order valence-corrected chi connectivity index (χ0v) is 14.8. The number of benzene rings is 1. The van der Waals surface area contributed by atoms with Crippen LogP contribution in [0.2, 0.25) is 0 Å². The highest BCUT2D eigenvalue weighted by Gasteiger charge is 2.31. The first kappa shape index (κ1) is 20.0. The van der Waals surface area contributed by atoms with Gasteiger partial charge in [0.1, 0.15) is 0 Å². The summed E-state index contributed by atoms with van der Waals surface area (Å²) in [5, 5.41) is 4.02. The Hall–Kier alpha value is -2.29. The van der Waals surface area contributed by atoms with Gasteiger partial charge in [0.15, 0.2) is 0 Å². The second-order valence-corrected chi connectivity index (χ2v) is 6.01. The summed E-state index contributed by atoms with van der Waals surface area (Å²) in [4.78, 5) is 14.0. The second-order valence-electron chi connectivity index (χ2n) is 6.01. The SMILES string of the molecule is CCOC(=O)/C(=N/Nc1cccc(C(F)(F)F)c1)N1C[C@@H](C)O[C@H](C)C1. The lowest BCUT2D eigenvalue weighted by Crippen LogP contribution is -2.51. The Kier molecular flexibility index (Phi) is 6.47. The summed E-state index contributed by atoms with van der Waals surface area (Å²) < 4.78 is 49.1. The van der Waals surface area contributed by atoms with E-state index in [9.17, 15) is 18.0 Å². The molecule has 1 N–H and O–H groups in total. The van der Waals surface area contributed by atoms with Crippen molar-refractivity contribution in [2.75, 3.05) is 25.1 Å². The molecular weight excluding hydrogens is 351 g/mol. The lowest BCUT2D eigenvalue weighted by Gasteiger charge is -2.36. The van der Waals surface area contributed by atoms with E-state index < -0.39 is 17.7 Å². The molecule has 1 saturated heterocycles. The van der Waals surface area contributed by atoms with Crippen molar-refractivity contribution in [1.29, 1.82) is 0 Å². The fraction of sp³-hybridized carbons (Fsp3) is 0.529. The first-order valence-corrected chi connectivity index (χ1v) is 8.29. The number of amidine groups is 1. The highest BCUT2D eigenvalue weighted by molar-refractivity contribution is 6.35. The molecule has 0 saturated carbocycles. The van der Waals surface area contributed by atoms with Crippen molar-refractivity contribution in [1.82, 2.24) is 4.90 Å². The number of nitrogens with zero attached hydrogens (tertiary/aromatic N) is 2. The van der Waals surface area contributed by atoms with Crippen LogP contribution >= 0.6 is 0 Å². The number of alkyl halides is 3. The van der Waals surface area contributed by atoms with E-state index in [2.05, 4.69) is 10.5 Å². The van der Waals surface area contributed by atoms with Crippen LogP contribution < -0.4 is 5.43 Å². The number of halogens is 3. The summed E-state index contributed by atoms with van der Waals surface area (Å²) in [6, 6.07) is 4.60. The maximum Gasteiger partial charge on any atom is 0.416 e. The van der Waals surface area contributed by atoms with Crippen LogP contribution in [0.4, 0.5) is 18.9 Å². The lowest BCUT2D eigenvalue weighted by molar-refractivity contribution is -0.138. The Morgan fingerprint density at radius 3 is 2.58 bits per heavy atom. The molecule has 0 aromatic heterocycles. The van der Waals surface area contributed by atoms with Crippen LogP contribution in [-0.2, 0) is 20.4 Å². The van der Waals surface area contributed by atoms with Gasteiger partial charge in [-0.1, -0.05) is 6.07 Å². The Morgan fingerprint density at radius 1 is 1.35 bits per heavy atom. The summed E-state index contributed by atoms with van der Waals surface area (Å²) in [7, 11) is 0. The largest absolute Gasteiger partial charge is 0.460 e. The lowest BCUT2D eigenvalue weighted by atomic mass is 10.2. The zero-order valence-electron chi connectivity index (χ0n) is 14.8. The predicted octanol–water partition coefficient (Wildman–Crippen LogP) is 3.10. The first-order valence-electron chi connectivity index (χ1n) is 8.29. The number of esters is 1. The Labute approximate surface area is 150 Å². The van der Waals surface area contributed by atoms with Crippen LogP contribution in [0.5, 0.6) is 0 Å². The maximum atomic E-state index is 12.8. The molecule has 1 fully saturated rings. The van der Waals surface area contributed by atoms with Crippen LogP contribution in [0.25, 0.3) is 0 Å². The molecule has 0 bridgehead atoms. The molecular formula is C17H22F3N3O3. The van der Waals surface area contributed by atoms with E-state index >= 15 is 0 Å². The molecule has 2 rings (SSSR count). The molecule has 1 heterocycles. The van der Waals surface area contributed by atoms with Gasteiger partial charge >= 0.3 is 12.1 Å². The third-order valence-corrected chi connectivity index (χ3v) is 3.66. The highest BCUT2D eigenvalue weighted by Crippen LogP contribution is 2.30. The van der Waals surface area contributed by atoms with E-state index in [0.29, 0.717) is 13.1 Å². The number of carbonyl (C=O) groups is 1. The van der Waals surface area contributed by atoms with Crippen molar-refractivity contribution in [3.05, 3.63) is 29.8 Å². The van der Waals surface area contributed by atoms with Crippen molar-refractivity contribution in [3.63, 3.8) is 0 Å². The van der Waals surface area contributed by atoms with Gasteiger partial charge in [0, 0.05) is 13.1 Å². The van der Waals surface area contributed by atoms with Crippen molar-refractivity contribution in [3.8, 4) is 0 Å². The number of hydrogen-bond acceptors (Lipinski definition) is 5. The Bertz CT molecular complexity index is 654. The summed E-state index contributed by atoms with van der Waals surface area (Å²) in [6.07, 6.45) is -4.70. The summed E-state index contributed by atoms with van der Waals surface area (Å²) >= 11 is 0. The standard InChI is InChI=1S/C17H22F3N3O3/c1-4-25-16(24)15(23-9-11(2)26-12(3)10-23)22-21-14-7-5-6-13(8-14)17(18,19)20/h5-8,11-12,21H,4,9-10H2,1-3H3/b22-15-/t11-,12-/m1/s1. The van der Waals surface area contributed by atoms with Gasteiger partial charge in [0.2, 0.25) is 5.84 Å². The van der Waals surface area contributed by atoms with E-state index in [4.69, 9.17) is 9.47 Å². The van der Waals surface area contributed by atoms with Gasteiger partial charge in [-0.15, -0.1) is 5.10 Å². The predicted molar refractivity (Wildman–Crippen MR) is 90.7 cm³/mol. The third-order valence-electron chi connectivity index (χ3n) is 3.66. The minimum Gasteiger partial charge on any atom is -0.460 e. The smallest absolute Gasteiger partial charge is 0.416 e. The van der Waals surface area contributed by atoms with Crippen LogP contribution in [-0.4, -0.2) is 48.6 Å². The maximum absolute atomic E-state index is 12.8. The van der Waals surface area contributed by atoms with Crippen LogP contribution in [0, 0.1) is 0 Å². The zero-order chi connectivity index (χ0) is 19.3. The topological polar surface area (TPSA) is 63.2 Å². The summed E-state index contributed by atoms with van der Waals surface area (Å²) in [5.74, 6) is -0.639. The van der Waals surface area contributed by atoms with Gasteiger partial charge in [-0.05, 0) is 39.0 Å². The fourth-order valence-electron chi connectivity index (χ4n) is 2.67. The van der Waals surface area contributed by atoms with Crippen LogP contribution in [0.3, 0.4) is 0 Å². The van der Waals surface area contributed by atoms with Gasteiger partial charge < -0.3 is 14.4 Å². The summed E-state index contributed by atoms with van der Waals surface area (Å²) in [5.41, 5.74) is 1.85. The average molecular weight is 373 g/mol. The number of rotatable bonds is 3. The minimum atomic E-state index is -4.46. The van der Waals surface area contributed by atoms with Gasteiger partial charge in [-0.3, -0.25) is 5.43 Å². The fourth-order valence-corrected chi connectivity index (χ4v) is 2.67. The van der Waals surface area contributed by atoms with Crippen molar-refractivity contribution < 1.29 is 27.4 Å². The van der Waals surface area contributed by atoms with Gasteiger partial charge in [0.05, 0.1) is 30.1 Å². The van der Waals surface area contributed by atoms with E-state index in [-0.39, 0.29) is 30.3 Å². The molecule has 6 nitrogen and oxygen atoms in total. The average Bonchev–Trinajstić information content (AvgIpc) is 2.54. The number of hydrogen-bond donors (Lipinski definition) is 1. The molecule has 0 aliphatic carbocycles. The molecule has 0 spiro atoms. The molecule has 9 heteroatoms. The van der Waals surface area contributed by atoms with E-state index in [1.807, 2.05) is 13.8 Å². The van der Waals surface area contributed by atoms with E-state index in [1.165, 1.54) is 12.1 Å². The Morgan fingerprint density at radius 2 is 2.00 bits per heavy atom. The number of nitrogens with one attached hydrogen (secondary N) is 1. The molecule has 26 heavy (non-hydrogen) atoms. The van der Waals surface area contributed by atoms with Gasteiger partial charge in [-0.2, -0.15) is 13.2 Å². The van der Waals surface area contributed by atoms with Crippen LogP contribution in [0.1, 0.15) is 26.3 Å². The van der Waals surface area contributed by atoms with Gasteiger partial charge in [-0.25, -0.2) is 4.79 Å². The summed E-state index contributed by atoms with van der Waals surface area (Å²) in [6.45, 7) is 6.41. The number of carbonyl (C=O) groups excluding carboxylic acids is 1. The van der Waals surface area contributed by atoms with Crippen molar-refractivity contribution in [2.45, 2.75) is 39.2 Å². The second kappa shape index (κ2) is 8.39. The Balaban J connectivity index is 2.24. The van der Waals surface area contributed by atoms with Crippen molar-refractivity contribution in [2.24, 2.45) is 5.10 Å². The number of morpholine rings is 1. The molecule has 1 aliphatic heterocycles. The first-order chi connectivity index (χ1) is 12.2.